The van der Waals surface area contributed by atoms with Gasteiger partial charge in [-0.05, 0) is 18.9 Å². The molecule has 3 rings (SSSR count). The van der Waals surface area contributed by atoms with Crippen LogP contribution in [0.5, 0.6) is 0 Å². The van der Waals surface area contributed by atoms with E-state index in [1.165, 1.54) is 36.7 Å². The van der Waals surface area contributed by atoms with Crippen molar-refractivity contribution < 1.29 is 9.72 Å². The van der Waals surface area contributed by atoms with Gasteiger partial charge in [0, 0.05) is 36.3 Å². The van der Waals surface area contributed by atoms with Gasteiger partial charge < -0.3 is 9.88 Å². The number of thioether (sulfide) groups is 1. The first kappa shape index (κ1) is 16.5. The van der Waals surface area contributed by atoms with E-state index in [1.807, 2.05) is 6.20 Å². The number of nitrogens with zero attached hydrogens (tertiary/aromatic N) is 3. The molecule has 8 heteroatoms. The summed E-state index contributed by atoms with van der Waals surface area (Å²) in [6.07, 6.45) is 8.52. The molecule has 7 nitrogen and oxygen atoms in total. The summed E-state index contributed by atoms with van der Waals surface area (Å²) in [6.45, 7) is 0. The zero-order valence-electron chi connectivity index (χ0n) is 13.1. The summed E-state index contributed by atoms with van der Waals surface area (Å²) in [5.41, 5.74) is 0.381. The maximum atomic E-state index is 12.1. The molecule has 0 aliphatic heterocycles. The van der Waals surface area contributed by atoms with Gasteiger partial charge in [0.25, 0.3) is 5.69 Å². The van der Waals surface area contributed by atoms with Crippen LogP contribution in [0, 0.1) is 10.1 Å². The van der Waals surface area contributed by atoms with Gasteiger partial charge in [-0.2, -0.15) is 0 Å². The second-order valence-electron chi connectivity index (χ2n) is 5.70. The molecule has 1 heterocycles. The van der Waals surface area contributed by atoms with Crippen molar-refractivity contribution in [1.82, 2.24) is 9.55 Å². The average molecular weight is 346 g/mol. The Labute approximate surface area is 143 Å². The number of hydrogen-bond donors (Lipinski definition) is 1. The summed E-state index contributed by atoms with van der Waals surface area (Å²) < 4.78 is 2.15. The molecule has 2 aromatic rings. The van der Waals surface area contributed by atoms with Gasteiger partial charge in [-0.3, -0.25) is 14.9 Å². The van der Waals surface area contributed by atoms with Crippen LogP contribution in [0.15, 0.2) is 41.8 Å². The van der Waals surface area contributed by atoms with Crippen LogP contribution < -0.4 is 5.32 Å². The molecule has 1 saturated carbocycles. The molecule has 1 aromatic heterocycles. The maximum absolute atomic E-state index is 12.1. The number of amides is 1. The topological polar surface area (TPSA) is 90.1 Å². The highest BCUT2D eigenvalue weighted by Crippen LogP contribution is 2.32. The molecule has 126 valence electrons. The first-order valence-electron chi connectivity index (χ1n) is 7.83. The summed E-state index contributed by atoms with van der Waals surface area (Å²) in [7, 11) is 0. The fourth-order valence-corrected chi connectivity index (χ4v) is 3.72. The van der Waals surface area contributed by atoms with E-state index in [-0.39, 0.29) is 17.3 Å². The Morgan fingerprint density at radius 1 is 1.42 bits per heavy atom. The van der Waals surface area contributed by atoms with E-state index < -0.39 is 4.92 Å². The van der Waals surface area contributed by atoms with E-state index in [0.29, 0.717) is 11.7 Å². The first-order valence-corrected chi connectivity index (χ1v) is 8.82. The molecule has 0 bridgehead atoms. The SMILES string of the molecule is O=C(CSc1nccn1C1CCCC1)Nc1cccc([N+](=O)[O-])c1. The fraction of sp³-hybridized carbons (Fsp3) is 0.375. The molecular formula is C16H18N4O3S. The second-order valence-corrected chi connectivity index (χ2v) is 6.64. The van der Waals surface area contributed by atoms with Gasteiger partial charge in [-0.15, -0.1) is 0 Å². The van der Waals surface area contributed by atoms with Crippen LogP contribution in [-0.4, -0.2) is 26.1 Å². The van der Waals surface area contributed by atoms with E-state index in [9.17, 15) is 14.9 Å². The minimum atomic E-state index is -0.483. The van der Waals surface area contributed by atoms with E-state index in [4.69, 9.17) is 0 Å². The largest absolute Gasteiger partial charge is 0.325 e. The number of rotatable bonds is 6. The Morgan fingerprint density at radius 2 is 2.21 bits per heavy atom. The van der Waals surface area contributed by atoms with Gasteiger partial charge in [0.1, 0.15) is 0 Å². The number of carbonyl (C=O) groups excluding carboxylic acids is 1. The highest BCUT2D eigenvalue weighted by molar-refractivity contribution is 7.99. The van der Waals surface area contributed by atoms with Gasteiger partial charge in [0.2, 0.25) is 5.91 Å². The lowest BCUT2D eigenvalue weighted by atomic mass is 10.2. The Kier molecular flexibility index (Phi) is 5.14. The minimum absolute atomic E-state index is 0.0442. The fourth-order valence-electron chi connectivity index (χ4n) is 2.90. The van der Waals surface area contributed by atoms with E-state index in [1.54, 1.807) is 18.3 Å². The van der Waals surface area contributed by atoms with Crippen molar-refractivity contribution in [1.29, 1.82) is 0 Å². The predicted molar refractivity (Wildman–Crippen MR) is 92.2 cm³/mol. The van der Waals surface area contributed by atoms with Crippen LogP contribution in [0.1, 0.15) is 31.7 Å². The highest BCUT2D eigenvalue weighted by atomic mass is 32.2. The molecular weight excluding hydrogens is 328 g/mol. The van der Waals surface area contributed by atoms with Gasteiger partial charge in [0.05, 0.1) is 10.7 Å². The predicted octanol–water partition coefficient (Wildman–Crippen LogP) is 3.64. The number of benzene rings is 1. The zero-order valence-corrected chi connectivity index (χ0v) is 13.9. The number of nitro groups is 1. The lowest BCUT2D eigenvalue weighted by Gasteiger charge is -2.14. The number of nitrogens with one attached hydrogen (secondary N) is 1. The number of non-ortho nitro benzene ring substituents is 1. The number of anilines is 1. The van der Waals surface area contributed by atoms with Crippen molar-refractivity contribution in [3.8, 4) is 0 Å². The number of imidazole rings is 1. The van der Waals surface area contributed by atoms with Crippen molar-refractivity contribution in [2.75, 3.05) is 11.1 Å². The summed E-state index contributed by atoms with van der Waals surface area (Å²) in [6, 6.07) is 6.41. The van der Waals surface area contributed by atoms with Crippen LogP contribution in [-0.2, 0) is 4.79 Å². The smallest absolute Gasteiger partial charge is 0.271 e. The highest BCUT2D eigenvalue weighted by Gasteiger charge is 2.19. The Bertz CT molecular complexity index is 740. The molecule has 1 fully saturated rings. The number of nitro benzene ring substituents is 1. The normalized spacial score (nSPS) is 14.7. The molecule has 1 amide bonds. The summed E-state index contributed by atoms with van der Waals surface area (Å²) in [5, 5.41) is 14.3. The molecule has 0 atom stereocenters. The van der Waals surface area contributed by atoms with E-state index >= 15 is 0 Å². The molecule has 1 aliphatic rings. The molecule has 24 heavy (non-hydrogen) atoms. The average Bonchev–Trinajstić information content (AvgIpc) is 3.24. The van der Waals surface area contributed by atoms with Gasteiger partial charge in [0.15, 0.2) is 5.16 Å². The maximum Gasteiger partial charge on any atom is 0.271 e. The molecule has 0 saturated heterocycles. The van der Waals surface area contributed by atoms with Crippen LogP contribution >= 0.6 is 11.8 Å². The third kappa shape index (κ3) is 3.94. The minimum Gasteiger partial charge on any atom is -0.325 e. The van der Waals surface area contributed by atoms with Crippen molar-refractivity contribution in [3.05, 3.63) is 46.8 Å². The Morgan fingerprint density at radius 3 is 2.96 bits per heavy atom. The molecule has 0 radical (unpaired) electrons. The van der Waals surface area contributed by atoms with Crippen molar-refractivity contribution in [2.45, 2.75) is 36.9 Å². The summed E-state index contributed by atoms with van der Waals surface area (Å²) in [5.74, 6) is 0.00774. The van der Waals surface area contributed by atoms with Crippen molar-refractivity contribution in [2.24, 2.45) is 0 Å². The van der Waals surface area contributed by atoms with E-state index in [2.05, 4.69) is 14.9 Å². The van der Waals surface area contributed by atoms with Crippen LogP contribution in [0.2, 0.25) is 0 Å². The lowest BCUT2D eigenvalue weighted by molar-refractivity contribution is -0.384. The summed E-state index contributed by atoms with van der Waals surface area (Å²) >= 11 is 1.38. The Hall–Kier alpha value is -2.35. The quantitative estimate of drug-likeness (QED) is 0.490. The standard InChI is InChI=1S/C16H18N4O3S/c21-15(18-12-4-3-7-14(10-12)20(22)23)11-24-16-17-8-9-19(16)13-5-1-2-6-13/h3-4,7-10,13H,1-2,5-6,11H2,(H,18,21). The number of hydrogen-bond acceptors (Lipinski definition) is 5. The molecule has 1 aromatic carbocycles. The third-order valence-electron chi connectivity index (χ3n) is 4.02. The lowest BCUT2D eigenvalue weighted by Crippen LogP contribution is -2.15. The van der Waals surface area contributed by atoms with Crippen LogP contribution in [0.4, 0.5) is 11.4 Å². The van der Waals surface area contributed by atoms with Crippen LogP contribution in [0.3, 0.4) is 0 Å². The first-order chi connectivity index (χ1) is 11.6. The van der Waals surface area contributed by atoms with E-state index in [0.717, 1.165) is 18.0 Å². The molecule has 0 spiro atoms. The number of carbonyl (C=O) groups is 1. The van der Waals surface area contributed by atoms with Gasteiger partial charge >= 0.3 is 0 Å². The monoisotopic (exact) mass is 346 g/mol. The zero-order chi connectivity index (χ0) is 16.9. The van der Waals surface area contributed by atoms with Gasteiger partial charge in [-0.1, -0.05) is 30.7 Å². The van der Waals surface area contributed by atoms with Gasteiger partial charge in [-0.25, -0.2) is 4.98 Å². The number of aromatic nitrogens is 2. The second kappa shape index (κ2) is 7.48. The molecule has 1 aliphatic carbocycles. The van der Waals surface area contributed by atoms with Crippen molar-refractivity contribution >= 4 is 29.0 Å². The van der Waals surface area contributed by atoms with Crippen molar-refractivity contribution in [3.63, 3.8) is 0 Å². The Balaban J connectivity index is 1.57. The molecule has 0 unspecified atom stereocenters. The van der Waals surface area contributed by atoms with Crippen LogP contribution in [0.25, 0.3) is 0 Å². The summed E-state index contributed by atoms with van der Waals surface area (Å²) in [4.78, 5) is 26.7. The molecule has 1 N–H and O–H groups in total. The third-order valence-corrected chi connectivity index (χ3v) is 5.01.